The van der Waals surface area contributed by atoms with Crippen LogP contribution in [0.2, 0.25) is 0 Å². The van der Waals surface area contributed by atoms with Crippen LogP contribution in [0.1, 0.15) is 30.7 Å². The zero-order valence-corrected chi connectivity index (χ0v) is 14.5. The Morgan fingerprint density at radius 2 is 1.96 bits per heavy atom. The minimum atomic E-state index is -0.840. The van der Waals surface area contributed by atoms with Gasteiger partial charge < -0.3 is 4.90 Å². The number of halogens is 2. The van der Waals surface area contributed by atoms with E-state index >= 15 is 0 Å². The van der Waals surface area contributed by atoms with Crippen molar-refractivity contribution in [3.63, 3.8) is 0 Å². The minimum absolute atomic E-state index is 0.0282. The van der Waals surface area contributed by atoms with Crippen molar-refractivity contribution in [2.24, 2.45) is 11.0 Å². The molecule has 1 saturated heterocycles. The second kappa shape index (κ2) is 7.20. The third-order valence-electron chi connectivity index (χ3n) is 4.66. The quantitative estimate of drug-likeness (QED) is 0.472. The Balaban J connectivity index is 1.49. The van der Waals surface area contributed by atoms with Crippen LogP contribution in [0.3, 0.4) is 0 Å². The zero-order valence-electron chi connectivity index (χ0n) is 13.0. The Hall–Kier alpha value is -1.10. The number of nitrogens with one attached hydrogen (secondary N) is 2. The third kappa shape index (κ3) is 4.06. The van der Waals surface area contributed by atoms with Crippen molar-refractivity contribution in [2.45, 2.75) is 29.5 Å². The Kier molecular flexibility index (Phi) is 5.24. The van der Waals surface area contributed by atoms with Gasteiger partial charge in [0.1, 0.15) is 4.33 Å². The minimum Gasteiger partial charge on any atom is -0.327 e. The number of likely N-dealkylation sites (tertiary alicyclic amines) is 1. The molecule has 1 heterocycles. The highest BCUT2D eigenvalue weighted by Gasteiger charge is 2.63. The maximum atomic E-state index is 11.9. The van der Waals surface area contributed by atoms with Gasteiger partial charge in [-0.15, -0.1) is 23.2 Å². The number of nitrogens with zero attached hydrogens (tertiary/aromatic N) is 1. The maximum Gasteiger partial charge on any atom is 0.295 e. The van der Waals surface area contributed by atoms with Crippen LogP contribution in [0, 0.1) is 5.92 Å². The van der Waals surface area contributed by atoms with Crippen LogP contribution in [0.5, 0.6) is 0 Å². The summed E-state index contributed by atoms with van der Waals surface area (Å²) in [6.07, 6.45) is 5.35. The average molecular weight is 355 g/mol. The first kappa shape index (κ1) is 16.7. The van der Waals surface area contributed by atoms with Crippen molar-refractivity contribution in [3.05, 3.63) is 35.9 Å². The second-order valence-corrected chi connectivity index (χ2v) is 7.83. The van der Waals surface area contributed by atoms with Crippen LogP contribution >= 0.6 is 23.2 Å². The summed E-state index contributed by atoms with van der Waals surface area (Å²) in [6.45, 7) is 2.63. The highest BCUT2D eigenvalue weighted by molar-refractivity contribution is 6.53. The lowest BCUT2D eigenvalue weighted by atomic mass is 10.1. The number of alkyl halides is 2. The summed E-state index contributed by atoms with van der Waals surface area (Å²) in [6, 6.07) is 9.92. The molecular weight excluding hydrogens is 333 g/mol. The monoisotopic (exact) mass is 354 g/mol. The van der Waals surface area contributed by atoms with E-state index in [9.17, 15) is 4.79 Å². The Morgan fingerprint density at radius 1 is 1.26 bits per heavy atom. The van der Waals surface area contributed by atoms with Gasteiger partial charge in [-0.2, -0.15) is 5.10 Å². The summed E-state index contributed by atoms with van der Waals surface area (Å²) in [5.74, 6) is -0.0962. The molecule has 23 heavy (non-hydrogen) atoms. The van der Waals surface area contributed by atoms with Crippen molar-refractivity contribution in [2.75, 3.05) is 19.6 Å². The van der Waals surface area contributed by atoms with Crippen molar-refractivity contribution < 1.29 is 9.69 Å². The van der Waals surface area contributed by atoms with Gasteiger partial charge in [0.2, 0.25) is 0 Å². The molecule has 4 nitrogen and oxygen atoms in total. The van der Waals surface area contributed by atoms with Gasteiger partial charge in [0, 0.05) is 18.1 Å². The molecule has 0 aromatic heterocycles. The first-order valence-corrected chi connectivity index (χ1v) is 8.93. The molecule has 0 unspecified atom stereocenters. The van der Waals surface area contributed by atoms with Crippen LogP contribution in [0.4, 0.5) is 0 Å². The van der Waals surface area contributed by atoms with Gasteiger partial charge in [0.05, 0.1) is 13.1 Å². The highest BCUT2D eigenvalue weighted by Crippen LogP contribution is 2.63. The zero-order chi connectivity index (χ0) is 16.3. The lowest BCUT2D eigenvalue weighted by molar-refractivity contribution is -0.896. The van der Waals surface area contributed by atoms with E-state index in [1.165, 1.54) is 24.2 Å². The maximum absolute atomic E-state index is 11.9. The fraction of sp³-hybridized carbons (Fsp3) is 0.529. The summed E-state index contributed by atoms with van der Waals surface area (Å²) in [7, 11) is 0. The number of rotatable bonds is 5. The van der Waals surface area contributed by atoms with Crippen LogP contribution in [-0.4, -0.2) is 36.1 Å². The molecule has 1 aliphatic carbocycles. The molecule has 3 rings (SSSR count). The molecule has 1 amide bonds. The first-order chi connectivity index (χ1) is 11.1. The SMILES string of the molecule is O=C(C[NH+]1CCCCC1)N/N=C\[C@@H]1[C@H](c2ccccc2)C1(Cl)Cl. The smallest absolute Gasteiger partial charge is 0.295 e. The Labute approximate surface area is 146 Å². The van der Waals surface area contributed by atoms with Crippen molar-refractivity contribution in [1.29, 1.82) is 0 Å². The van der Waals surface area contributed by atoms with Crippen LogP contribution < -0.4 is 10.3 Å². The molecule has 2 aliphatic rings. The lowest BCUT2D eigenvalue weighted by Gasteiger charge is -2.22. The number of hydrogen-bond donors (Lipinski definition) is 2. The normalized spacial score (nSPS) is 27.0. The van der Waals surface area contributed by atoms with E-state index in [-0.39, 0.29) is 17.7 Å². The largest absolute Gasteiger partial charge is 0.327 e. The molecule has 124 valence electrons. The number of piperidine rings is 1. The molecular formula is C17H22Cl2N3O+. The second-order valence-electron chi connectivity index (χ2n) is 6.39. The van der Waals surface area contributed by atoms with Gasteiger partial charge >= 0.3 is 0 Å². The van der Waals surface area contributed by atoms with Gasteiger partial charge in [0.25, 0.3) is 5.91 Å². The standard InChI is InChI=1S/C17H21Cl2N3O/c18-17(19)14(16(17)13-7-3-1-4-8-13)11-20-21-15(23)12-22-9-5-2-6-10-22/h1,3-4,7-8,11,14,16H,2,5-6,9-10,12H2,(H,21,23)/p+1/b20-11-/t14-,16+/m1/s1. The van der Waals surface area contributed by atoms with Crippen LogP contribution in [0.15, 0.2) is 35.4 Å². The van der Waals surface area contributed by atoms with Gasteiger partial charge in [-0.3, -0.25) is 4.79 Å². The van der Waals surface area contributed by atoms with Gasteiger partial charge in [-0.1, -0.05) is 30.3 Å². The van der Waals surface area contributed by atoms with E-state index in [1.54, 1.807) is 6.21 Å². The highest BCUT2D eigenvalue weighted by atomic mass is 35.5. The number of hydrazone groups is 1. The van der Waals surface area contributed by atoms with Crippen LogP contribution in [0.25, 0.3) is 0 Å². The van der Waals surface area contributed by atoms with Gasteiger partial charge in [0.15, 0.2) is 6.54 Å². The molecule has 1 saturated carbocycles. The van der Waals surface area contributed by atoms with E-state index < -0.39 is 4.33 Å². The summed E-state index contributed by atoms with van der Waals surface area (Å²) in [4.78, 5) is 13.2. The Morgan fingerprint density at radius 3 is 2.65 bits per heavy atom. The topological polar surface area (TPSA) is 45.9 Å². The van der Waals surface area contributed by atoms with Crippen molar-refractivity contribution >= 4 is 35.3 Å². The molecule has 2 N–H and O–H groups in total. The predicted molar refractivity (Wildman–Crippen MR) is 93.2 cm³/mol. The number of amides is 1. The van der Waals surface area contributed by atoms with Crippen molar-refractivity contribution in [1.82, 2.24) is 5.43 Å². The lowest BCUT2D eigenvalue weighted by Crippen LogP contribution is -3.13. The number of carbonyl (C=O) groups excluding carboxylic acids is 1. The predicted octanol–water partition coefficient (Wildman–Crippen LogP) is 1.74. The van der Waals surface area contributed by atoms with Gasteiger partial charge in [-0.25, -0.2) is 5.43 Å². The number of quaternary nitrogens is 1. The molecule has 6 heteroatoms. The average Bonchev–Trinajstić information content (AvgIpc) is 3.10. The molecule has 0 bridgehead atoms. The summed E-state index contributed by atoms with van der Waals surface area (Å²) >= 11 is 12.7. The van der Waals surface area contributed by atoms with Crippen LogP contribution in [-0.2, 0) is 4.79 Å². The molecule has 1 aromatic carbocycles. The van der Waals surface area contributed by atoms with E-state index in [0.717, 1.165) is 18.7 Å². The fourth-order valence-corrected chi connectivity index (χ4v) is 4.07. The number of benzene rings is 1. The summed E-state index contributed by atoms with van der Waals surface area (Å²) in [5.41, 5.74) is 3.70. The summed E-state index contributed by atoms with van der Waals surface area (Å²) in [5, 5.41) is 4.06. The Bertz CT molecular complexity index is 570. The van der Waals surface area contributed by atoms with E-state index in [2.05, 4.69) is 10.5 Å². The molecule has 2 fully saturated rings. The molecule has 1 aliphatic heterocycles. The molecule has 1 aromatic rings. The molecule has 0 spiro atoms. The molecule has 2 atom stereocenters. The fourth-order valence-electron chi connectivity index (χ4n) is 3.31. The van der Waals surface area contributed by atoms with Gasteiger partial charge in [-0.05, 0) is 24.8 Å². The van der Waals surface area contributed by atoms with E-state index in [1.807, 2.05) is 30.3 Å². The van der Waals surface area contributed by atoms with E-state index in [4.69, 9.17) is 23.2 Å². The van der Waals surface area contributed by atoms with E-state index in [0.29, 0.717) is 6.54 Å². The number of hydrogen-bond acceptors (Lipinski definition) is 2. The number of carbonyl (C=O) groups is 1. The summed E-state index contributed by atoms with van der Waals surface area (Å²) < 4.78 is -0.840. The van der Waals surface area contributed by atoms with Crippen molar-refractivity contribution in [3.8, 4) is 0 Å². The third-order valence-corrected chi connectivity index (χ3v) is 5.64. The first-order valence-electron chi connectivity index (χ1n) is 8.17. The molecule has 0 radical (unpaired) electrons.